The highest BCUT2D eigenvalue weighted by Crippen LogP contribution is 2.38. The first-order valence-corrected chi connectivity index (χ1v) is 6.59. The van der Waals surface area contributed by atoms with Crippen LogP contribution < -0.4 is 10.1 Å². The van der Waals surface area contributed by atoms with Gasteiger partial charge in [0.05, 0.1) is 5.41 Å². The fraction of sp³-hybridized carbons (Fsp3) is 0.467. The van der Waals surface area contributed by atoms with Crippen LogP contribution in [0.25, 0.3) is 0 Å². The molecule has 0 radical (unpaired) electrons. The zero-order chi connectivity index (χ0) is 13.9. The summed E-state index contributed by atoms with van der Waals surface area (Å²) in [5.74, 6) is 0.243. The maximum Gasteiger partial charge on any atom is 0.317 e. The number of hydrogen-bond acceptors (Lipinski definition) is 3. The molecule has 1 aliphatic rings. The molecule has 1 amide bonds. The number of benzene rings is 1. The van der Waals surface area contributed by atoms with Gasteiger partial charge in [0, 0.05) is 12.6 Å². The smallest absolute Gasteiger partial charge is 0.317 e. The second-order valence-corrected chi connectivity index (χ2v) is 5.36. The number of ether oxygens (including phenoxy) is 1. The van der Waals surface area contributed by atoms with Crippen molar-refractivity contribution in [3.8, 4) is 5.75 Å². The molecule has 0 heterocycles. The van der Waals surface area contributed by atoms with Crippen LogP contribution in [0.5, 0.6) is 5.75 Å². The Hall–Kier alpha value is -1.84. The van der Waals surface area contributed by atoms with E-state index in [1.54, 1.807) is 24.3 Å². The van der Waals surface area contributed by atoms with E-state index in [2.05, 4.69) is 5.32 Å². The van der Waals surface area contributed by atoms with Crippen LogP contribution in [0.3, 0.4) is 0 Å². The third-order valence-corrected chi connectivity index (χ3v) is 3.59. The van der Waals surface area contributed by atoms with Gasteiger partial charge in [-0.05, 0) is 44.0 Å². The van der Waals surface area contributed by atoms with Crippen molar-refractivity contribution < 1.29 is 14.3 Å². The molecule has 1 saturated carbocycles. The van der Waals surface area contributed by atoms with Crippen molar-refractivity contribution in [2.75, 3.05) is 5.32 Å². The maximum atomic E-state index is 12.1. The van der Waals surface area contributed by atoms with E-state index in [1.165, 1.54) is 6.92 Å². The molecular weight excluding hydrogens is 242 g/mol. The second kappa shape index (κ2) is 5.43. The summed E-state index contributed by atoms with van der Waals surface area (Å²) in [5.41, 5.74) is 0.357. The van der Waals surface area contributed by atoms with Crippen LogP contribution in [-0.4, -0.2) is 11.9 Å². The van der Waals surface area contributed by atoms with Gasteiger partial charge in [0.1, 0.15) is 5.75 Å². The number of nitrogens with one attached hydrogen (secondary N) is 1. The van der Waals surface area contributed by atoms with E-state index < -0.39 is 0 Å². The zero-order valence-corrected chi connectivity index (χ0v) is 11.4. The first-order chi connectivity index (χ1) is 8.99. The van der Waals surface area contributed by atoms with Gasteiger partial charge < -0.3 is 10.1 Å². The van der Waals surface area contributed by atoms with E-state index in [-0.39, 0.29) is 17.3 Å². The molecule has 0 aliphatic heterocycles. The summed E-state index contributed by atoms with van der Waals surface area (Å²) in [6, 6.07) is 6.84. The second-order valence-electron chi connectivity index (χ2n) is 5.36. The van der Waals surface area contributed by atoms with Gasteiger partial charge in [0.25, 0.3) is 0 Å². The number of esters is 1. The van der Waals surface area contributed by atoms with Crippen molar-refractivity contribution in [1.29, 1.82) is 0 Å². The molecule has 0 unspecified atom stereocenters. The number of amides is 1. The third-order valence-electron chi connectivity index (χ3n) is 3.59. The summed E-state index contributed by atoms with van der Waals surface area (Å²) in [4.78, 5) is 23.0. The average Bonchev–Trinajstić information content (AvgIpc) is 2.79. The maximum absolute atomic E-state index is 12.1. The molecule has 1 aromatic carbocycles. The van der Waals surface area contributed by atoms with Crippen molar-refractivity contribution in [2.24, 2.45) is 5.41 Å². The largest absolute Gasteiger partial charge is 0.426 e. The average molecular weight is 261 g/mol. The summed E-state index contributed by atoms with van der Waals surface area (Å²) in [5, 5.41) is 2.67. The van der Waals surface area contributed by atoms with E-state index in [0.29, 0.717) is 11.4 Å². The van der Waals surface area contributed by atoms with E-state index >= 15 is 0 Å². The molecule has 1 fully saturated rings. The summed E-state index contributed by atoms with van der Waals surface area (Å²) < 4.78 is 5.41. The molecule has 0 spiro atoms. The minimum Gasteiger partial charge on any atom is -0.426 e. The summed E-state index contributed by atoms with van der Waals surface area (Å²) >= 11 is 0. The Balaban J connectivity index is 1.99. The normalized spacial score (nSPS) is 16.9. The van der Waals surface area contributed by atoms with Gasteiger partial charge in [-0.25, -0.2) is 0 Å². The molecule has 0 bridgehead atoms. The number of rotatable bonds is 3. The van der Waals surface area contributed by atoms with E-state index in [1.807, 2.05) is 6.92 Å². The van der Waals surface area contributed by atoms with E-state index in [4.69, 9.17) is 4.74 Å². The highest BCUT2D eigenvalue weighted by molar-refractivity contribution is 5.88. The molecule has 0 atom stereocenters. The Morgan fingerprint density at radius 1 is 1.16 bits per heavy atom. The van der Waals surface area contributed by atoms with E-state index in [9.17, 15) is 9.59 Å². The van der Waals surface area contributed by atoms with Crippen LogP contribution in [-0.2, 0) is 9.59 Å². The standard InChI is InChI=1S/C15H19NO3/c1-11(17)16-12-5-7-13(8-6-12)19-14(18)15(2)9-3-4-10-15/h5-8H,3-4,9-10H2,1-2H3,(H,16,17). The predicted molar refractivity (Wildman–Crippen MR) is 73.0 cm³/mol. The van der Waals surface area contributed by atoms with Crippen molar-refractivity contribution in [1.82, 2.24) is 0 Å². The van der Waals surface area contributed by atoms with Crippen LogP contribution in [0.1, 0.15) is 39.5 Å². The Labute approximate surface area is 113 Å². The topological polar surface area (TPSA) is 55.4 Å². The lowest BCUT2D eigenvalue weighted by Crippen LogP contribution is -2.29. The van der Waals surface area contributed by atoms with Crippen LogP contribution in [0.15, 0.2) is 24.3 Å². The fourth-order valence-corrected chi connectivity index (χ4v) is 2.40. The molecule has 4 heteroatoms. The Kier molecular flexibility index (Phi) is 3.88. The van der Waals surface area contributed by atoms with Crippen molar-refractivity contribution >= 4 is 17.6 Å². The Bertz CT molecular complexity index is 473. The molecule has 1 aliphatic carbocycles. The minimum absolute atomic E-state index is 0.122. The van der Waals surface area contributed by atoms with Gasteiger partial charge >= 0.3 is 5.97 Å². The van der Waals surface area contributed by atoms with Crippen molar-refractivity contribution in [3.63, 3.8) is 0 Å². The van der Waals surface area contributed by atoms with E-state index in [0.717, 1.165) is 25.7 Å². The zero-order valence-electron chi connectivity index (χ0n) is 11.4. The van der Waals surface area contributed by atoms with Gasteiger partial charge in [-0.15, -0.1) is 0 Å². The van der Waals surface area contributed by atoms with Crippen LogP contribution in [0.4, 0.5) is 5.69 Å². The predicted octanol–water partition coefficient (Wildman–Crippen LogP) is 3.13. The SMILES string of the molecule is CC(=O)Nc1ccc(OC(=O)C2(C)CCCC2)cc1. The number of carbonyl (C=O) groups excluding carboxylic acids is 2. The molecule has 2 rings (SSSR count). The molecule has 0 aromatic heterocycles. The minimum atomic E-state index is -0.337. The van der Waals surface area contributed by atoms with Gasteiger partial charge in [-0.1, -0.05) is 12.8 Å². The van der Waals surface area contributed by atoms with Gasteiger partial charge in [-0.2, -0.15) is 0 Å². The molecule has 1 N–H and O–H groups in total. The lowest BCUT2D eigenvalue weighted by Gasteiger charge is -2.20. The van der Waals surface area contributed by atoms with Crippen LogP contribution in [0, 0.1) is 5.41 Å². The first-order valence-electron chi connectivity index (χ1n) is 6.59. The molecule has 19 heavy (non-hydrogen) atoms. The Morgan fingerprint density at radius 3 is 2.26 bits per heavy atom. The molecule has 0 saturated heterocycles. The molecule has 4 nitrogen and oxygen atoms in total. The quantitative estimate of drug-likeness (QED) is 0.671. The third kappa shape index (κ3) is 3.34. The van der Waals surface area contributed by atoms with Gasteiger partial charge in [0.2, 0.25) is 5.91 Å². The first kappa shape index (κ1) is 13.6. The number of carbonyl (C=O) groups is 2. The Morgan fingerprint density at radius 2 is 1.74 bits per heavy atom. The highest BCUT2D eigenvalue weighted by Gasteiger charge is 2.38. The summed E-state index contributed by atoms with van der Waals surface area (Å²) in [6.07, 6.45) is 3.98. The van der Waals surface area contributed by atoms with Gasteiger partial charge in [-0.3, -0.25) is 9.59 Å². The summed E-state index contributed by atoms with van der Waals surface area (Å²) in [7, 11) is 0. The molecular formula is C15H19NO3. The number of anilines is 1. The molecule has 1 aromatic rings. The van der Waals surface area contributed by atoms with Crippen molar-refractivity contribution in [3.05, 3.63) is 24.3 Å². The molecule has 102 valence electrons. The van der Waals surface area contributed by atoms with Gasteiger partial charge in [0.15, 0.2) is 0 Å². The van der Waals surface area contributed by atoms with Crippen LogP contribution >= 0.6 is 0 Å². The number of hydrogen-bond donors (Lipinski definition) is 1. The summed E-state index contributed by atoms with van der Waals surface area (Å²) in [6.45, 7) is 3.42. The monoisotopic (exact) mass is 261 g/mol. The lowest BCUT2D eigenvalue weighted by atomic mass is 9.89. The fourth-order valence-electron chi connectivity index (χ4n) is 2.40. The van der Waals surface area contributed by atoms with Crippen molar-refractivity contribution in [2.45, 2.75) is 39.5 Å². The van der Waals surface area contributed by atoms with Crippen LogP contribution in [0.2, 0.25) is 0 Å². The lowest BCUT2D eigenvalue weighted by molar-refractivity contribution is -0.144. The highest BCUT2D eigenvalue weighted by atomic mass is 16.5.